The molecular formula is C48H52N2. The van der Waals surface area contributed by atoms with E-state index in [1.165, 1.54) is 60.8 Å². The molecule has 254 valence electrons. The van der Waals surface area contributed by atoms with E-state index >= 15 is 0 Å². The van der Waals surface area contributed by atoms with Gasteiger partial charge in [0.2, 0.25) is 0 Å². The van der Waals surface area contributed by atoms with Gasteiger partial charge >= 0.3 is 0 Å². The fourth-order valence-corrected chi connectivity index (χ4v) is 6.39. The van der Waals surface area contributed by atoms with Crippen molar-refractivity contribution in [3.63, 3.8) is 0 Å². The van der Waals surface area contributed by atoms with E-state index in [1.807, 2.05) is 12.3 Å². The van der Waals surface area contributed by atoms with Gasteiger partial charge < -0.3 is 4.40 Å². The van der Waals surface area contributed by atoms with Gasteiger partial charge in [-0.1, -0.05) is 147 Å². The van der Waals surface area contributed by atoms with Crippen molar-refractivity contribution in [1.29, 1.82) is 0 Å². The van der Waals surface area contributed by atoms with Gasteiger partial charge in [0.25, 0.3) is 0 Å². The molecule has 0 bridgehead atoms. The smallest absolute Gasteiger partial charge is 0.0704 e. The second-order valence-electron chi connectivity index (χ2n) is 16.8. The summed E-state index contributed by atoms with van der Waals surface area (Å²) in [6.45, 7) is 22.4. The fourth-order valence-electron chi connectivity index (χ4n) is 6.39. The van der Waals surface area contributed by atoms with Crippen molar-refractivity contribution in [1.82, 2.24) is 9.38 Å². The Bertz CT molecular complexity index is 2230. The van der Waals surface area contributed by atoms with Crippen molar-refractivity contribution in [3.05, 3.63) is 156 Å². The summed E-state index contributed by atoms with van der Waals surface area (Å²) in [5.74, 6) is 0. The fraction of sp³-hybridized carbons (Fsp3) is 0.271. The minimum atomic E-state index is 0.160. The standard InChI is InChI=1S/C26H29N.C22H23N/c1-25(2,3)21-10-7-18(8-11-21)19-9-12-23-20(15-19)17-27-14-13-22(16-24(23)27)26(4,5)6;1-16-13-14-23-21(15-16)19-7-5-17(6-8-19)18-9-11-20(12-10-18)22(2,3)4/h7-17H,1-6H3;5-15H,1-4H3. The molecule has 0 aliphatic heterocycles. The molecule has 0 radical (unpaired) electrons. The number of benzene rings is 4. The Morgan fingerprint density at radius 3 is 1.46 bits per heavy atom. The van der Waals surface area contributed by atoms with Crippen LogP contribution >= 0.6 is 0 Å². The summed E-state index contributed by atoms with van der Waals surface area (Å²) >= 11 is 0. The molecule has 0 spiro atoms. The minimum Gasteiger partial charge on any atom is -0.323 e. The highest BCUT2D eigenvalue weighted by atomic mass is 14.9. The predicted molar refractivity (Wildman–Crippen MR) is 216 cm³/mol. The number of aryl methyl sites for hydroxylation is 1. The molecule has 2 nitrogen and oxygen atoms in total. The first-order valence-corrected chi connectivity index (χ1v) is 17.9. The Hall–Kier alpha value is -4.95. The zero-order valence-electron chi connectivity index (χ0n) is 31.6. The molecule has 0 aliphatic rings. The largest absolute Gasteiger partial charge is 0.323 e. The number of nitrogens with zero attached hydrogens (tertiary/aromatic N) is 2. The lowest BCUT2D eigenvalue weighted by atomic mass is 9.86. The number of pyridine rings is 2. The zero-order valence-corrected chi connectivity index (χ0v) is 31.6. The predicted octanol–water partition coefficient (Wildman–Crippen LogP) is 13.4. The number of rotatable bonds is 3. The summed E-state index contributed by atoms with van der Waals surface area (Å²) in [6, 6.07) is 42.0. The Morgan fingerprint density at radius 2 is 0.940 bits per heavy atom. The summed E-state index contributed by atoms with van der Waals surface area (Å²) in [6.07, 6.45) is 6.29. The summed E-state index contributed by atoms with van der Waals surface area (Å²) in [5, 5.41) is 2.61. The van der Waals surface area contributed by atoms with Crippen molar-refractivity contribution >= 4 is 16.3 Å². The van der Waals surface area contributed by atoms with Crippen molar-refractivity contribution in [2.75, 3.05) is 0 Å². The lowest BCUT2D eigenvalue weighted by Gasteiger charge is -2.19. The molecular weight excluding hydrogens is 605 g/mol. The van der Waals surface area contributed by atoms with Crippen LogP contribution < -0.4 is 0 Å². The molecule has 7 aromatic rings. The van der Waals surface area contributed by atoms with E-state index in [-0.39, 0.29) is 16.2 Å². The average molecular weight is 657 g/mol. The molecule has 0 saturated carbocycles. The molecule has 0 atom stereocenters. The molecule has 0 unspecified atom stereocenters. The zero-order chi connectivity index (χ0) is 35.8. The van der Waals surface area contributed by atoms with Gasteiger partial charge in [-0.15, -0.1) is 0 Å². The summed E-state index contributed by atoms with van der Waals surface area (Å²) in [4.78, 5) is 4.45. The number of hydrogen-bond donors (Lipinski definition) is 0. The van der Waals surface area contributed by atoms with Gasteiger partial charge in [-0.25, -0.2) is 0 Å². The van der Waals surface area contributed by atoms with E-state index in [2.05, 4.69) is 200 Å². The molecule has 0 saturated heterocycles. The van der Waals surface area contributed by atoms with Gasteiger partial charge in [0.1, 0.15) is 0 Å². The topological polar surface area (TPSA) is 17.3 Å². The third-order valence-corrected chi connectivity index (χ3v) is 9.72. The molecule has 50 heavy (non-hydrogen) atoms. The molecule has 4 aromatic carbocycles. The Labute approximate surface area is 299 Å². The first-order chi connectivity index (χ1) is 23.6. The lowest BCUT2D eigenvalue weighted by Crippen LogP contribution is -2.11. The Kier molecular flexibility index (Phi) is 9.35. The third-order valence-electron chi connectivity index (χ3n) is 9.72. The van der Waals surface area contributed by atoms with Crippen molar-refractivity contribution in [2.24, 2.45) is 0 Å². The van der Waals surface area contributed by atoms with E-state index in [4.69, 9.17) is 0 Å². The SMILES string of the molecule is CC(C)(C)c1ccc(-c2ccc3c(c2)cn2ccc(C(C)(C)C)cc32)cc1.Cc1ccnc(-c2ccc(-c3ccc(C(C)(C)C)cc3)cc2)c1. The first-order valence-electron chi connectivity index (χ1n) is 17.9. The molecule has 0 fully saturated rings. The highest BCUT2D eigenvalue weighted by Crippen LogP contribution is 2.33. The lowest BCUT2D eigenvalue weighted by molar-refractivity contribution is 0.590. The van der Waals surface area contributed by atoms with E-state index in [9.17, 15) is 0 Å². The third kappa shape index (κ3) is 7.76. The van der Waals surface area contributed by atoms with Crippen LogP contribution in [0.3, 0.4) is 0 Å². The molecule has 3 aromatic heterocycles. The van der Waals surface area contributed by atoms with Crippen molar-refractivity contribution in [3.8, 4) is 33.5 Å². The van der Waals surface area contributed by atoms with E-state index < -0.39 is 0 Å². The molecule has 3 heterocycles. The Balaban J connectivity index is 0.000000175. The maximum absolute atomic E-state index is 4.45. The van der Waals surface area contributed by atoms with Gasteiger partial charge in [0.05, 0.1) is 11.2 Å². The van der Waals surface area contributed by atoms with Crippen LogP contribution in [0.15, 0.2) is 134 Å². The minimum absolute atomic E-state index is 0.160. The van der Waals surface area contributed by atoms with Gasteiger partial charge in [0.15, 0.2) is 0 Å². The second kappa shape index (κ2) is 13.4. The van der Waals surface area contributed by atoms with Crippen molar-refractivity contribution < 1.29 is 0 Å². The maximum Gasteiger partial charge on any atom is 0.0704 e. The Morgan fingerprint density at radius 1 is 0.460 bits per heavy atom. The highest BCUT2D eigenvalue weighted by molar-refractivity contribution is 5.99. The summed E-state index contributed by atoms with van der Waals surface area (Å²) in [7, 11) is 0. The average Bonchev–Trinajstić information content (AvgIpc) is 3.45. The first kappa shape index (κ1) is 34.9. The van der Waals surface area contributed by atoms with Gasteiger partial charge in [-0.3, -0.25) is 4.98 Å². The van der Waals surface area contributed by atoms with E-state index in [0.29, 0.717) is 0 Å². The van der Waals surface area contributed by atoms with Crippen LogP contribution in [0.2, 0.25) is 0 Å². The number of aromatic nitrogens is 2. The van der Waals surface area contributed by atoms with E-state index in [1.54, 1.807) is 0 Å². The molecule has 2 heteroatoms. The monoisotopic (exact) mass is 656 g/mol. The normalized spacial score (nSPS) is 12.2. The van der Waals surface area contributed by atoms with Crippen LogP contribution in [0.25, 0.3) is 49.8 Å². The van der Waals surface area contributed by atoms with E-state index in [0.717, 1.165) is 11.3 Å². The van der Waals surface area contributed by atoms with Crippen LogP contribution in [-0.4, -0.2) is 9.38 Å². The molecule has 7 rings (SSSR count). The van der Waals surface area contributed by atoms with Gasteiger partial charge in [-0.2, -0.15) is 0 Å². The molecule has 0 amide bonds. The van der Waals surface area contributed by atoms with Gasteiger partial charge in [-0.05, 0) is 98.0 Å². The van der Waals surface area contributed by atoms with Crippen LogP contribution in [0, 0.1) is 6.92 Å². The van der Waals surface area contributed by atoms with Crippen LogP contribution in [0.4, 0.5) is 0 Å². The van der Waals surface area contributed by atoms with Crippen LogP contribution in [0.5, 0.6) is 0 Å². The second-order valence-corrected chi connectivity index (χ2v) is 16.8. The molecule has 0 aliphatic carbocycles. The number of hydrogen-bond acceptors (Lipinski definition) is 1. The van der Waals surface area contributed by atoms with Crippen LogP contribution in [-0.2, 0) is 16.2 Å². The number of fused-ring (bicyclic) bond motifs is 3. The maximum atomic E-state index is 4.45. The quantitative estimate of drug-likeness (QED) is 0.185. The van der Waals surface area contributed by atoms with Crippen molar-refractivity contribution in [2.45, 2.75) is 85.5 Å². The van der Waals surface area contributed by atoms with Crippen LogP contribution in [0.1, 0.15) is 84.6 Å². The molecule has 0 N–H and O–H groups in total. The summed E-state index contributed by atoms with van der Waals surface area (Å²) in [5.41, 5.74) is 14.4. The summed E-state index contributed by atoms with van der Waals surface area (Å²) < 4.78 is 2.24. The highest BCUT2D eigenvalue weighted by Gasteiger charge is 2.16. The van der Waals surface area contributed by atoms with Gasteiger partial charge in [0, 0.05) is 34.9 Å².